The average Bonchev–Trinajstić information content (AvgIpc) is 2.46. The third kappa shape index (κ3) is 2.78. The Morgan fingerprint density at radius 3 is 2.50 bits per heavy atom. The van der Waals surface area contributed by atoms with Gasteiger partial charge in [0.2, 0.25) is 0 Å². The molecule has 1 aliphatic heterocycles. The normalized spacial score (nSPS) is 18.4. The van der Waals surface area contributed by atoms with Crippen molar-refractivity contribution in [3.05, 3.63) is 23.8 Å². The zero-order valence-corrected chi connectivity index (χ0v) is 11.5. The number of hydrogen-bond donors (Lipinski definition) is 1. The molecular weight excluding hydrogens is 226 g/mol. The molecule has 0 bridgehead atoms. The molecule has 1 aromatic carbocycles. The van der Waals surface area contributed by atoms with E-state index in [1.54, 1.807) is 14.2 Å². The molecular formula is C15H23NO2. The summed E-state index contributed by atoms with van der Waals surface area (Å²) in [6.45, 7) is 4.55. The Kier molecular flexibility index (Phi) is 4.48. The molecule has 0 saturated carbocycles. The lowest BCUT2D eigenvalue weighted by molar-refractivity contribution is 0.320. The van der Waals surface area contributed by atoms with Crippen LogP contribution in [0.2, 0.25) is 0 Å². The summed E-state index contributed by atoms with van der Waals surface area (Å²) in [7, 11) is 3.45. The summed E-state index contributed by atoms with van der Waals surface area (Å²) in [4.78, 5) is 0. The lowest BCUT2D eigenvalue weighted by Gasteiger charge is -2.29. The maximum Gasteiger partial charge on any atom is 0.122 e. The largest absolute Gasteiger partial charge is 0.497 e. The second kappa shape index (κ2) is 6.10. The van der Waals surface area contributed by atoms with E-state index < -0.39 is 0 Å². The van der Waals surface area contributed by atoms with E-state index in [4.69, 9.17) is 9.47 Å². The molecule has 18 heavy (non-hydrogen) atoms. The molecule has 0 radical (unpaired) electrons. The van der Waals surface area contributed by atoms with Gasteiger partial charge in [-0.25, -0.2) is 0 Å². The van der Waals surface area contributed by atoms with Gasteiger partial charge in [-0.1, -0.05) is 6.92 Å². The first-order chi connectivity index (χ1) is 8.76. The third-order valence-electron chi connectivity index (χ3n) is 4.02. The molecule has 0 amide bonds. The molecule has 0 aliphatic carbocycles. The summed E-state index contributed by atoms with van der Waals surface area (Å²) in [5.74, 6) is 3.12. The number of benzene rings is 1. The first-order valence-electron chi connectivity index (χ1n) is 6.69. The van der Waals surface area contributed by atoms with Gasteiger partial charge in [0.05, 0.1) is 14.2 Å². The van der Waals surface area contributed by atoms with Crippen LogP contribution in [0.4, 0.5) is 0 Å². The molecule has 3 heteroatoms. The van der Waals surface area contributed by atoms with Crippen molar-refractivity contribution in [2.45, 2.75) is 25.7 Å². The van der Waals surface area contributed by atoms with Crippen LogP contribution in [0.5, 0.6) is 11.5 Å². The summed E-state index contributed by atoms with van der Waals surface area (Å²) in [5, 5.41) is 3.42. The number of ether oxygens (including phenoxy) is 2. The minimum atomic E-state index is 0.511. The first-order valence-corrected chi connectivity index (χ1v) is 6.69. The van der Waals surface area contributed by atoms with E-state index in [0.29, 0.717) is 5.92 Å². The smallest absolute Gasteiger partial charge is 0.122 e. The van der Waals surface area contributed by atoms with Crippen molar-refractivity contribution in [2.75, 3.05) is 27.3 Å². The minimum Gasteiger partial charge on any atom is -0.497 e. The Balaban J connectivity index is 2.23. The highest BCUT2D eigenvalue weighted by Gasteiger charge is 2.23. The Labute approximate surface area is 109 Å². The van der Waals surface area contributed by atoms with Crippen molar-refractivity contribution in [1.29, 1.82) is 0 Å². The molecule has 1 aromatic rings. The van der Waals surface area contributed by atoms with E-state index in [2.05, 4.69) is 18.3 Å². The van der Waals surface area contributed by atoms with Gasteiger partial charge < -0.3 is 14.8 Å². The van der Waals surface area contributed by atoms with Gasteiger partial charge in [0, 0.05) is 5.56 Å². The van der Waals surface area contributed by atoms with Crippen molar-refractivity contribution < 1.29 is 9.47 Å². The average molecular weight is 249 g/mol. The maximum atomic E-state index is 5.49. The van der Waals surface area contributed by atoms with E-state index in [9.17, 15) is 0 Å². The Bertz CT molecular complexity index is 386. The molecule has 2 rings (SSSR count). The summed E-state index contributed by atoms with van der Waals surface area (Å²) >= 11 is 0. The molecule has 0 aromatic heterocycles. The van der Waals surface area contributed by atoms with Crippen molar-refractivity contribution >= 4 is 0 Å². The molecule has 0 spiro atoms. The second-order valence-corrected chi connectivity index (χ2v) is 4.98. The second-order valence-electron chi connectivity index (χ2n) is 4.98. The quantitative estimate of drug-likeness (QED) is 0.890. The Morgan fingerprint density at radius 2 is 1.89 bits per heavy atom. The summed E-state index contributed by atoms with van der Waals surface area (Å²) in [5.41, 5.74) is 1.27. The molecule has 1 aliphatic rings. The highest BCUT2D eigenvalue weighted by molar-refractivity contribution is 5.42. The van der Waals surface area contributed by atoms with Crippen LogP contribution in [0, 0.1) is 5.92 Å². The topological polar surface area (TPSA) is 30.5 Å². The van der Waals surface area contributed by atoms with Gasteiger partial charge in [0.1, 0.15) is 11.5 Å². The maximum absolute atomic E-state index is 5.49. The summed E-state index contributed by atoms with van der Waals surface area (Å²) < 4.78 is 10.8. The number of hydrogen-bond acceptors (Lipinski definition) is 3. The van der Waals surface area contributed by atoms with Crippen LogP contribution >= 0.6 is 0 Å². The van der Waals surface area contributed by atoms with Crippen LogP contribution in [-0.4, -0.2) is 27.3 Å². The highest BCUT2D eigenvalue weighted by atomic mass is 16.5. The van der Waals surface area contributed by atoms with Gasteiger partial charge in [-0.2, -0.15) is 0 Å². The van der Waals surface area contributed by atoms with Crippen LogP contribution in [0.25, 0.3) is 0 Å². The van der Waals surface area contributed by atoms with Crippen LogP contribution in [0.15, 0.2) is 18.2 Å². The van der Waals surface area contributed by atoms with Crippen LogP contribution in [-0.2, 0) is 0 Å². The highest BCUT2D eigenvalue weighted by Crippen LogP contribution is 2.37. The van der Waals surface area contributed by atoms with E-state index in [1.807, 2.05) is 12.1 Å². The molecule has 3 nitrogen and oxygen atoms in total. The van der Waals surface area contributed by atoms with E-state index in [1.165, 1.54) is 18.4 Å². The van der Waals surface area contributed by atoms with Crippen LogP contribution < -0.4 is 14.8 Å². The molecule has 1 atom stereocenters. The number of nitrogens with one attached hydrogen (secondary N) is 1. The summed E-state index contributed by atoms with van der Waals surface area (Å²) in [6, 6.07) is 6.08. The van der Waals surface area contributed by atoms with Gasteiger partial charge in [-0.3, -0.25) is 0 Å². The Morgan fingerprint density at radius 1 is 1.17 bits per heavy atom. The molecule has 1 saturated heterocycles. The molecule has 1 fully saturated rings. The first kappa shape index (κ1) is 13.2. The van der Waals surface area contributed by atoms with E-state index >= 15 is 0 Å². The lowest BCUT2D eigenvalue weighted by Crippen LogP contribution is -2.30. The van der Waals surface area contributed by atoms with Crippen LogP contribution in [0.1, 0.15) is 31.2 Å². The number of methoxy groups -OCH3 is 2. The number of piperidine rings is 1. The van der Waals surface area contributed by atoms with Crippen molar-refractivity contribution in [3.63, 3.8) is 0 Å². The fourth-order valence-electron chi connectivity index (χ4n) is 2.79. The standard InChI is InChI=1S/C15H23NO2/c1-11(12-6-8-16-9-7-12)14-10-13(17-2)4-5-15(14)18-3/h4-5,10-12,16H,6-9H2,1-3H3. The fourth-order valence-corrected chi connectivity index (χ4v) is 2.79. The molecule has 1 N–H and O–H groups in total. The Hall–Kier alpha value is -1.22. The number of rotatable bonds is 4. The molecule has 1 unspecified atom stereocenters. The summed E-state index contributed by atoms with van der Waals surface area (Å²) in [6.07, 6.45) is 2.48. The SMILES string of the molecule is COc1ccc(OC)c(C(C)C2CCNCC2)c1. The minimum absolute atomic E-state index is 0.511. The van der Waals surface area contributed by atoms with Crippen molar-refractivity contribution in [3.8, 4) is 11.5 Å². The zero-order valence-electron chi connectivity index (χ0n) is 11.5. The van der Waals surface area contributed by atoms with Gasteiger partial charge >= 0.3 is 0 Å². The van der Waals surface area contributed by atoms with Gasteiger partial charge in [0.15, 0.2) is 0 Å². The van der Waals surface area contributed by atoms with Crippen molar-refractivity contribution in [2.24, 2.45) is 5.92 Å². The third-order valence-corrected chi connectivity index (χ3v) is 4.02. The predicted octanol–water partition coefficient (Wildman–Crippen LogP) is 2.81. The van der Waals surface area contributed by atoms with Gasteiger partial charge in [0.25, 0.3) is 0 Å². The molecule has 100 valence electrons. The fraction of sp³-hybridized carbons (Fsp3) is 0.600. The van der Waals surface area contributed by atoms with Crippen LogP contribution in [0.3, 0.4) is 0 Å². The monoisotopic (exact) mass is 249 g/mol. The predicted molar refractivity (Wildman–Crippen MR) is 73.6 cm³/mol. The van der Waals surface area contributed by atoms with Crippen molar-refractivity contribution in [1.82, 2.24) is 5.32 Å². The lowest BCUT2D eigenvalue weighted by atomic mass is 9.81. The zero-order chi connectivity index (χ0) is 13.0. The van der Waals surface area contributed by atoms with Gasteiger partial charge in [-0.15, -0.1) is 0 Å². The molecule has 1 heterocycles. The van der Waals surface area contributed by atoms with E-state index in [0.717, 1.165) is 30.5 Å². The van der Waals surface area contributed by atoms with E-state index in [-0.39, 0.29) is 0 Å². The van der Waals surface area contributed by atoms with Gasteiger partial charge in [-0.05, 0) is 56.0 Å².